The Balaban J connectivity index is 2.83. The Morgan fingerprint density at radius 1 is 1.38 bits per heavy atom. The third-order valence-electron chi connectivity index (χ3n) is 2.00. The molecule has 0 radical (unpaired) electrons. The number of halogens is 1. The summed E-state index contributed by atoms with van der Waals surface area (Å²) in [5.74, 6) is 0.0746. The van der Waals surface area contributed by atoms with Crippen molar-refractivity contribution in [3.05, 3.63) is 35.4 Å². The first kappa shape index (κ1) is 10.3. The number of carbonyl (C=O) groups excluding carboxylic acids is 1. The fraction of sp³-hybridized carbons (Fsp3) is 0.364. The van der Waals surface area contributed by atoms with Crippen LogP contribution < -0.4 is 0 Å². The van der Waals surface area contributed by atoms with Crippen molar-refractivity contribution in [3.8, 4) is 0 Å². The molecule has 70 valence electrons. The topological polar surface area (TPSA) is 17.1 Å². The second-order valence-corrected chi connectivity index (χ2v) is 3.53. The van der Waals surface area contributed by atoms with Crippen LogP contribution in [0.5, 0.6) is 0 Å². The predicted octanol–water partition coefficient (Wildman–Crippen LogP) is 3.25. The van der Waals surface area contributed by atoms with E-state index in [9.17, 15) is 4.79 Å². The van der Waals surface area contributed by atoms with Crippen molar-refractivity contribution in [3.63, 3.8) is 0 Å². The van der Waals surface area contributed by atoms with Gasteiger partial charge < -0.3 is 0 Å². The van der Waals surface area contributed by atoms with Crippen LogP contribution in [0.25, 0.3) is 0 Å². The summed E-state index contributed by atoms with van der Waals surface area (Å²) >= 11 is 5.96. The molecule has 0 bridgehead atoms. The van der Waals surface area contributed by atoms with Crippen molar-refractivity contribution >= 4 is 17.4 Å². The number of ketones is 1. The van der Waals surface area contributed by atoms with Gasteiger partial charge in [0.15, 0.2) is 5.78 Å². The molecule has 0 aromatic heterocycles. The van der Waals surface area contributed by atoms with Gasteiger partial charge in [0.05, 0.1) is 0 Å². The molecule has 1 atom stereocenters. The number of hydrogen-bond acceptors (Lipinski definition) is 1. The summed E-state index contributed by atoms with van der Waals surface area (Å²) in [5.41, 5.74) is 2.07. The van der Waals surface area contributed by atoms with Gasteiger partial charge in [-0.2, -0.15) is 0 Å². The average molecular weight is 197 g/mol. The van der Waals surface area contributed by atoms with Crippen molar-refractivity contribution in [1.29, 1.82) is 0 Å². The Morgan fingerprint density at radius 2 is 1.92 bits per heavy atom. The molecule has 0 saturated heterocycles. The van der Waals surface area contributed by atoms with Crippen molar-refractivity contribution in [2.75, 3.05) is 0 Å². The summed E-state index contributed by atoms with van der Waals surface area (Å²) < 4.78 is 0. The smallest absolute Gasteiger partial charge is 0.154 e. The summed E-state index contributed by atoms with van der Waals surface area (Å²) in [4.78, 5) is 11.3. The number of aryl methyl sites for hydroxylation is 1. The number of rotatable bonds is 3. The zero-order valence-electron chi connectivity index (χ0n) is 7.88. The van der Waals surface area contributed by atoms with Crippen molar-refractivity contribution < 1.29 is 4.79 Å². The fourth-order valence-corrected chi connectivity index (χ4v) is 1.40. The first-order valence-corrected chi connectivity index (χ1v) is 4.82. The highest BCUT2D eigenvalue weighted by Gasteiger charge is 2.14. The van der Waals surface area contributed by atoms with Crippen LogP contribution in [0.15, 0.2) is 24.3 Å². The van der Waals surface area contributed by atoms with Crippen molar-refractivity contribution in [2.45, 2.75) is 25.6 Å². The summed E-state index contributed by atoms with van der Waals surface area (Å²) in [6.07, 6.45) is 0.488. The van der Waals surface area contributed by atoms with Crippen LogP contribution >= 0.6 is 11.6 Å². The molecule has 1 aromatic carbocycles. The quantitative estimate of drug-likeness (QED) is 0.679. The zero-order chi connectivity index (χ0) is 9.84. The predicted molar refractivity (Wildman–Crippen MR) is 55.1 cm³/mol. The van der Waals surface area contributed by atoms with Crippen molar-refractivity contribution in [1.82, 2.24) is 0 Å². The highest BCUT2D eigenvalue weighted by atomic mass is 35.5. The Kier molecular flexibility index (Phi) is 3.49. The highest BCUT2D eigenvalue weighted by molar-refractivity contribution is 6.31. The van der Waals surface area contributed by atoms with Crippen LogP contribution in [0.2, 0.25) is 0 Å². The van der Waals surface area contributed by atoms with Gasteiger partial charge in [-0.15, -0.1) is 11.6 Å². The van der Waals surface area contributed by atoms with E-state index in [0.717, 1.165) is 5.56 Å². The third-order valence-corrected chi connectivity index (χ3v) is 2.50. The number of carbonyl (C=O) groups is 1. The number of alkyl halides is 1. The molecule has 0 heterocycles. The minimum atomic E-state index is -0.481. The molecule has 1 rings (SSSR count). The minimum Gasteiger partial charge on any atom is -0.298 e. The summed E-state index contributed by atoms with van der Waals surface area (Å²) in [5, 5.41) is -0.481. The summed E-state index contributed by atoms with van der Waals surface area (Å²) in [6, 6.07) is 7.74. The summed E-state index contributed by atoms with van der Waals surface area (Å²) in [7, 11) is 0. The molecule has 0 amide bonds. The molecular weight excluding hydrogens is 184 g/mol. The van der Waals surface area contributed by atoms with E-state index < -0.39 is 5.38 Å². The van der Waals surface area contributed by atoms with Gasteiger partial charge >= 0.3 is 0 Å². The Bertz CT molecular complexity index is 289. The van der Waals surface area contributed by atoms with Gasteiger partial charge in [-0.05, 0) is 12.5 Å². The first-order chi connectivity index (χ1) is 6.15. The maximum absolute atomic E-state index is 11.3. The normalized spacial score (nSPS) is 12.5. The van der Waals surface area contributed by atoms with E-state index in [1.807, 2.05) is 38.1 Å². The fourth-order valence-electron chi connectivity index (χ4n) is 1.10. The van der Waals surface area contributed by atoms with Gasteiger partial charge in [0.25, 0.3) is 0 Å². The van der Waals surface area contributed by atoms with E-state index in [0.29, 0.717) is 6.42 Å². The maximum Gasteiger partial charge on any atom is 0.154 e. The Labute approximate surface area is 83.7 Å². The molecule has 2 heteroatoms. The molecule has 0 N–H and O–H groups in total. The van der Waals surface area contributed by atoms with Crippen LogP contribution in [0.1, 0.15) is 29.8 Å². The first-order valence-electron chi connectivity index (χ1n) is 4.38. The number of Topliss-reactive ketones (excluding diaryl/α,β-unsaturated/α-hetero) is 1. The molecule has 0 aliphatic carbocycles. The minimum absolute atomic E-state index is 0.0746. The highest BCUT2D eigenvalue weighted by Crippen LogP contribution is 2.22. The molecule has 1 nitrogen and oxygen atoms in total. The van der Waals surface area contributed by atoms with Gasteiger partial charge in [-0.3, -0.25) is 4.79 Å². The van der Waals surface area contributed by atoms with Gasteiger partial charge in [0.1, 0.15) is 5.38 Å². The van der Waals surface area contributed by atoms with Crippen LogP contribution in [-0.2, 0) is 4.79 Å². The van der Waals surface area contributed by atoms with E-state index >= 15 is 0 Å². The lowest BCUT2D eigenvalue weighted by Gasteiger charge is -2.07. The molecule has 0 fully saturated rings. The third kappa shape index (κ3) is 2.56. The molecule has 0 aliphatic heterocycles. The lowest BCUT2D eigenvalue weighted by molar-refractivity contribution is -0.118. The van der Waals surface area contributed by atoms with Gasteiger partial charge in [-0.1, -0.05) is 36.8 Å². The number of hydrogen-bond donors (Lipinski definition) is 0. The lowest BCUT2D eigenvalue weighted by Crippen LogP contribution is -2.04. The largest absolute Gasteiger partial charge is 0.298 e. The molecule has 13 heavy (non-hydrogen) atoms. The van der Waals surface area contributed by atoms with Gasteiger partial charge in [0.2, 0.25) is 0 Å². The van der Waals surface area contributed by atoms with E-state index in [1.165, 1.54) is 5.56 Å². The van der Waals surface area contributed by atoms with Gasteiger partial charge in [-0.25, -0.2) is 0 Å². The zero-order valence-corrected chi connectivity index (χ0v) is 8.64. The Morgan fingerprint density at radius 3 is 2.38 bits per heavy atom. The monoisotopic (exact) mass is 196 g/mol. The standard InChI is InChI=1S/C11H13ClO/c1-3-10(13)11(12)9-6-4-8(2)5-7-9/h4-7,11H,3H2,1-2H3. The molecule has 0 aliphatic rings. The van der Waals surface area contributed by atoms with Crippen LogP contribution in [0.3, 0.4) is 0 Å². The van der Waals surface area contributed by atoms with E-state index in [2.05, 4.69) is 0 Å². The average Bonchev–Trinajstić information content (AvgIpc) is 2.17. The maximum atomic E-state index is 11.3. The second-order valence-electron chi connectivity index (χ2n) is 3.09. The van der Waals surface area contributed by atoms with E-state index in [4.69, 9.17) is 11.6 Å². The summed E-state index contributed by atoms with van der Waals surface area (Å²) in [6.45, 7) is 3.83. The van der Waals surface area contributed by atoms with Crippen LogP contribution in [-0.4, -0.2) is 5.78 Å². The van der Waals surface area contributed by atoms with E-state index in [-0.39, 0.29) is 5.78 Å². The van der Waals surface area contributed by atoms with Crippen LogP contribution in [0.4, 0.5) is 0 Å². The second kappa shape index (κ2) is 4.43. The molecule has 1 aromatic rings. The van der Waals surface area contributed by atoms with Crippen LogP contribution in [0, 0.1) is 6.92 Å². The number of benzene rings is 1. The molecule has 1 unspecified atom stereocenters. The van der Waals surface area contributed by atoms with Crippen molar-refractivity contribution in [2.24, 2.45) is 0 Å². The Hall–Kier alpha value is -0.820. The van der Waals surface area contributed by atoms with Gasteiger partial charge in [0, 0.05) is 6.42 Å². The SMILES string of the molecule is CCC(=O)C(Cl)c1ccc(C)cc1. The molecule has 0 saturated carbocycles. The van der Waals surface area contributed by atoms with E-state index in [1.54, 1.807) is 0 Å². The lowest BCUT2D eigenvalue weighted by atomic mass is 10.1. The molecular formula is C11H13ClO. The molecule has 0 spiro atoms.